The van der Waals surface area contributed by atoms with E-state index in [1.54, 1.807) is 5.38 Å². The van der Waals surface area contributed by atoms with Crippen molar-refractivity contribution in [1.29, 1.82) is 0 Å². The van der Waals surface area contributed by atoms with E-state index in [1.165, 1.54) is 17.6 Å². The minimum atomic E-state index is 0.449. The first kappa shape index (κ1) is 6.51. The molecular formula is C4H3ClN2OS. The Morgan fingerprint density at radius 3 is 3.11 bits per heavy atom. The second-order valence-electron chi connectivity index (χ2n) is 1.27. The fourth-order valence-corrected chi connectivity index (χ4v) is 1.10. The van der Waals surface area contributed by atoms with Crippen molar-refractivity contribution in [3.63, 3.8) is 0 Å². The normalized spacial score (nSPS) is 10.8. The number of oxime groups is 1. The van der Waals surface area contributed by atoms with Crippen molar-refractivity contribution in [1.82, 2.24) is 4.98 Å². The van der Waals surface area contributed by atoms with E-state index >= 15 is 0 Å². The summed E-state index contributed by atoms with van der Waals surface area (Å²) in [7, 11) is 0. The second-order valence-corrected chi connectivity index (χ2v) is 2.71. The van der Waals surface area contributed by atoms with Crippen LogP contribution in [0.1, 0.15) is 5.69 Å². The molecule has 1 rings (SSSR count). The maximum atomic E-state index is 8.02. The van der Waals surface area contributed by atoms with Gasteiger partial charge in [0.2, 0.25) is 0 Å². The largest absolute Gasteiger partial charge is 0.411 e. The number of hydrogen-bond donors (Lipinski definition) is 1. The zero-order valence-electron chi connectivity index (χ0n) is 4.28. The van der Waals surface area contributed by atoms with Crippen LogP contribution in [0.4, 0.5) is 0 Å². The van der Waals surface area contributed by atoms with E-state index < -0.39 is 0 Å². The zero-order chi connectivity index (χ0) is 6.69. The van der Waals surface area contributed by atoms with Gasteiger partial charge in [0, 0.05) is 5.38 Å². The van der Waals surface area contributed by atoms with Gasteiger partial charge < -0.3 is 5.21 Å². The first-order valence-corrected chi connectivity index (χ1v) is 3.37. The quantitative estimate of drug-likeness (QED) is 0.387. The van der Waals surface area contributed by atoms with Crippen molar-refractivity contribution in [3.8, 4) is 0 Å². The number of hydrogen-bond acceptors (Lipinski definition) is 4. The van der Waals surface area contributed by atoms with Crippen molar-refractivity contribution >= 4 is 29.2 Å². The Morgan fingerprint density at radius 2 is 2.67 bits per heavy atom. The summed E-state index contributed by atoms with van der Waals surface area (Å²) in [5.41, 5.74) is 0.576. The van der Waals surface area contributed by atoms with Gasteiger partial charge in [-0.25, -0.2) is 4.98 Å². The minimum absolute atomic E-state index is 0.449. The molecule has 0 unspecified atom stereocenters. The SMILES string of the molecule is ON=Cc1csc(Cl)n1. The molecule has 0 aliphatic heterocycles. The summed E-state index contributed by atoms with van der Waals surface area (Å²) in [4.78, 5) is 3.78. The highest BCUT2D eigenvalue weighted by Gasteiger charge is 1.93. The van der Waals surface area contributed by atoms with Crippen LogP contribution in [0.2, 0.25) is 4.47 Å². The van der Waals surface area contributed by atoms with Crippen LogP contribution in [-0.2, 0) is 0 Å². The van der Waals surface area contributed by atoms with Gasteiger partial charge in [0.1, 0.15) is 0 Å². The van der Waals surface area contributed by atoms with Crippen LogP contribution in [0.3, 0.4) is 0 Å². The fourth-order valence-electron chi connectivity index (χ4n) is 0.382. The molecule has 0 saturated carbocycles. The fraction of sp³-hybridized carbons (Fsp3) is 0. The summed E-state index contributed by atoms with van der Waals surface area (Å²) in [5.74, 6) is 0. The van der Waals surface area contributed by atoms with Gasteiger partial charge in [0.25, 0.3) is 0 Å². The number of halogens is 1. The first-order chi connectivity index (χ1) is 4.33. The topological polar surface area (TPSA) is 45.5 Å². The summed E-state index contributed by atoms with van der Waals surface area (Å²) >= 11 is 6.76. The summed E-state index contributed by atoms with van der Waals surface area (Å²) in [5, 5.41) is 12.5. The molecule has 1 aromatic rings. The molecule has 9 heavy (non-hydrogen) atoms. The van der Waals surface area contributed by atoms with E-state index in [9.17, 15) is 0 Å². The Balaban J connectivity index is 2.85. The minimum Gasteiger partial charge on any atom is -0.411 e. The third kappa shape index (κ3) is 1.65. The molecule has 0 aromatic carbocycles. The Kier molecular flexibility index (Phi) is 2.02. The third-order valence-electron chi connectivity index (χ3n) is 0.684. The van der Waals surface area contributed by atoms with Crippen molar-refractivity contribution in [3.05, 3.63) is 15.5 Å². The van der Waals surface area contributed by atoms with Gasteiger partial charge in [-0.05, 0) is 0 Å². The molecular weight excluding hydrogens is 160 g/mol. The zero-order valence-corrected chi connectivity index (χ0v) is 5.85. The van der Waals surface area contributed by atoms with E-state index in [2.05, 4.69) is 10.1 Å². The predicted octanol–water partition coefficient (Wildman–Crippen LogP) is 1.60. The lowest BCUT2D eigenvalue weighted by Gasteiger charge is -1.73. The molecule has 0 saturated heterocycles. The van der Waals surface area contributed by atoms with Crippen molar-refractivity contribution < 1.29 is 5.21 Å². The van der Waals surface area contributed by atoms with Crippen molar-refractivity contribution in [2.45, 2.75) is 0 Å². The predicted molar refractivity (Wildman–Crippen MR) is 36.5 cm³/mol. The lowest BCUT2D eigenvalue weighted by molar-refractivity contribution is 0.321. The Morgan fingerprint density at radius 1 is 1.89 bits per heavy atom. The molecule has 1 heterocycles. The Bertz CT molecular complexity index is 222. The molecule has 0 aliphatic rings. The van der Waals surface area contributed by atoms with Crippen LogP contribution in [0.15, 0.2) is 10.5 Å². The lowest BCUT2D eigenvalue weighted by atomic mass is 10.6. The van der Waals surface area contributed by atoms with Crippen LogP contribution < -0.4 is 0 Å². The molecule has 48 valence electrons. The van der Waals surface area contributed by atoms with Gasteiger partial charge >= 0.3 is 0 Å². The molecule has 0 aliphatic carbocycles. The molecule has 1 N–H and O–H groups in total. The number of aromatic nitrogens is 1. The van der Waals surface area contributed by atoms with E-state index in [0.717, 1.165) is 0 Å². The summed E-state index contributed by atoms with van der Waals surface area (Å²) < 4.78 is 0.449. The van der Waals surface area contributed by atoms with Crippen molar-refractivity contribution in [2.24, 2.45) is 5.16 Å². The maximum Gasteiger partial charge on any atom is 0.184 e. The number of thiazole rings is 1. The van der Waals surface area contributed by atoms with Gasteiger partial charge in [-0.2, -0.15) is 0 Å². The lowest BCUT2D eigenvalue weighted by Crippen LogP contribution is -1.77. The Labute approximate surface area is 60.6 Å². The van der Waals surface area contributed by atoms with Crippen molar-refractivity contribution in [2.75, 3.05) is 0 Å². The highest BCUT2D eigenvalue weighted by atomic mass is 35.5. The van der Waals surface area contributed by atoms with Crippen LogP contribution in [0.5, 0.6) is 0 Å². The number of nitrogens with zero attached hydrogens (tertiary/aromatic N) is 2. The second kappa shape index (κ2) is 2.80. The van der Waals surface area contributed by atoms with E-state index in [0.29, 0.717) is 10.2 Å². The first-order valence-electron chi connectivity index (χ1n) is 2.11. The van der Waals surface area contributed by atoms with Crippen LogP contribution in [-0.4, -0.2) is 16.4 Å². The summed E-state index contributed by atoms with van der Waals surface area (Å²) in [6, 6.07) is 0. The molecule has 0 amide bonds. The third-order valence-corrected chi connectivity index (χ3v) is 1.68. The highest BCUT2D eigenvalue weighted by Crippen LogP contribution is 2.13. The van der Waals surface area contributed by atoms with Crippen LogP contribution in [0, 0.1) is 0 Å². The van der Waals surface area contributed by atoms with Gasteiger partial charge in [0.15, 0.2) is 4.47 Å². The average molecular weight is 163 g/mol. The van der Waals surface area contributed by atoms with Gasteiger partial charge in [-0.15, -0.1) is 11.3 Å². The monoisotopic (exact) mass is 162 g/mol. The Hall–Kier alpha value is -0.610. The molecule has 0 atom stereocenters. The average Bonchev–Trinajstić information content (AvgIpc) is 2.17. The molecule has 1 aromatic heterocycles. The summed E-state index contributed by atoms with van der Waals surface area (Å²) in [6.45, 7) is 0. The van der Waals surface area contributed by atoms with Crippen LogP contribution >= 0.6 is 22.9 Å². The summed E-state index contributed by atoms with van der Waals surface area (Å²) in [6.07, 6.45) is 1.22. The molecule has 0 radical (unpaired) electrons. The smallest absolute Gasteiger partial charge is 0.184 e. The highest BCUT2D eigenvalue weighted by molar-refractivity contribution is 7.14. The molecule has 0 spiro atoms. The van der Waals surface area contributed by atoms with E-state index in [1.807, 2.05) is 0 Å². The van der Waals surface area contributed by atoms with Crippen LogP contribution in [0.25, 0.3) is 0 Å². The molecule has 0 fully saturated rings. The molecule has 0 bridgehead atoms. The van der Waals surface area contributed by atoms with E-state index in [-0.39, 0.29) is 0 Å². The standard InChI is InChI=1S/C4H3ClN2OS/c5-4-7-3(1-6-8)2-9-4/h1-2,8H. The van der Waals surface area contributed by atoms with E-state index in [4.69, 9.17) is 16.8 Å². The maximum absolute atomic E-state index is 8.02. The van der Waals surface area contributed by atoms with Gasteiger partial charge in [0.05, 0.1) is 11.9 Å². The number of rotatable bonds is 1. The molecule has 3 nitrogen and oxygen atoms in total. The molecule has 5 heteroatoms. The van der Waals surface area contributed by atoms with Gasteiger partial charge in [-0.1, -0.05) is 16.8 Å². The van der Waals surface area contributed by atoms with Gasteiger partial charge in [-0.3, -0.25) is 0 Å².